The summed E-state index contributed by atoms with van der Waals surface area (Å²) in [5.74, 6) is -0.652. The fourth-order valence-electron chi connectivity index (χ4n) is 3.00. The van der Waals surface area contributed by atoms with Crippen LogP contribution in [0.15, 0.2) is 59.6 Å². The van der Waals surface area contributed by atoms with E-state index in [2.05, 4.69) is 9.56 Å². The molecule has 5 heteroatoms. The van der Waals surface area contributed by atoms with Crippen molar-refractivity contribution >= 4 is 17.9 Å². The van der Waals surface area contributed by atoms with Gasteiger partial charge in [0.1, 0.15) is 5.82 Å². The zero-order chi connectivity index (χ0) is 19.4. The molecular formula is C22H21FN2O2. The molecule has 0 N–H and O–H groups in total. The molecule has 27 heavy (non-hydrogen) atoms. The third-order valence-electron chi connectivity index (χ3n) is 4.25. The summed E-state index contributed by atoms with van der Waals surface area (Å²) in [6.45, 7) is 6.10. The van der Waals surface area contributed by atoms with E-state index in [1.807, 2.05) is 38.1 Å². The lowest BCUT2D eigenvalue weighted by Crippen LogP contribution is -2.06. The number of aliphatic imine (C=N–C) groups is 1. The van der Waals surface area contributed by atoms with E-state index >= 15 is 0 Å². The van der Waals surface area contributed by atoms with Gasteiger partial charge in [0, 0.05) is 28.9 Å². The van der Waals surface area contributed by atoms with Crippen LogP contribution < -0.4 is 0 Å². The highest BCUT2D eigenvalue weighted by Crippen LogP contribution is 2.22. The number of aryl methyl sites for hydroxylation is 1. The van der Waals surface area contributed by atoms with Crippen LogP contribution in [0.4, 0.5) is 10.1 Å². The van der Waals surface area contributed by atoms with Crippen molar-refractivity contribution in [2.75, 3.05) is 6.61 Å². The smallest absolute Gasteiger partial charge is 0.338 e. The first-order chi connectivity index (χ1) is 13.0. The number of hydrogen-bond donors (Lipinski definition) is 0. The molecular weight excluding hydrogens is 343 g/mol. The molecule has 0 atom stereocenters. The largest absolute Gasteiger partial charge is 0.462 e. The van der Waals surface area contributed by atoms with Crippen LogP contribution in [0.3, 0.4) is 0 Å². The first-order valence-corrected chi connectivity index (χ1v) is 8.75. The summed E-state index contributed by atoms with van der Waals surface area (Å²) in [7, 11) is 0. The highest BCUT2D eigenvalue weighted by molar-refractivity contribution is 5.90. The molecule has 0 aliphatic carbocycles. The van der Waals surface area contributed by atoms with E-state index in [4.69, 9.17) is 4.74 Å². The van der Waals surface area contributed by atoms with Gasteiger partial charge in [0.15, 0.2) is 0 Å². The first-order valence-electron chi connectivity index (χ1n) is 8.75. The maximum absolute atomic E-state index is 13.3. The number of ether oxygens (including phenoxy) is 1. The van der Waals surface area contributed by atoms with Crippen molar-refractivity contribution in [3.05, 3.63) is 82.9 Å². The predicted octanol–water partition coefficient (Wildman–Crippen LogP) is 5.16. The average molecular weight is 364 g/mol. The van der Waals surface area contributed by atoms with Gasteiger partial charge in [0.25, 0.3) is 0 Å². The molecule has 0 saturated heterocycles. The lowest BCUT2D eigenvalue weighted by molar-refractivity contribution is 0.0526. The van der Waals surface area contributed by atoms with Gasteiger partial charge in [-0.05, 0) is 63.2 Å². The van der Waals surface area contributed by atoms with Gasteiger partial charge in [-0.15, -0.1) is 0 Å². The van der Waals surface area contributed by atoms with Gasteiger partial charge in [-0.25, -0.2) is 9.18 Å². The lowest BCUT2D eigenvalue weighted by atomic mass is 10.2. The molecule has 3 aromatic rings. The van der Waals surface area contributed by atoms with Gasteiger partial charge in [0.05, 0.1) is 17.9 Å². The summed E-state index contributed by atoms with van der Waals surface area (Å²) in [4.78, 5) is 16.4. The molecule has 0 aliphatic rings. The third-order valence-corrected chi connectivity index (χ3v) is 4.25. The topological polar surface area (TPSA) is 43.6 Å². The molecule has 3 rings (SSSR count). The normalized spacial score (nSPS) is 11.1. The maximum atomic E-state index is 13.3. The number of benzene rings is 2. The van der Waals surface area contributed by atoms with Gasteiger partial charge in [0.2, 0.25) is 0 Å². The van der Waals surface area contributed by atoms with Crippen molar-refractivity contribution in [1.82, 2.24) is 4.57 Å². The third kappa shape index (κ3) is 4.14. The van der Waals surface area contributed by atoms with E-state index in [0.29, 0.717) is 17.9 Å². The van der Waals surface area contributed by atoms with Crippen molar-refractivity contribution in [2.45, 2.75) is 20.8 Å². The van der Waals surface area contributed by atoms with Gasteiger partial charge in [-0.3, -0.25) is 4.99 Å². The monoisotopic (exact) mass is 364 g/mol. The summed E-state index contributed by atoms with van der Waals surface area (Å²) in [6, 6.07) is 15.5. The van der Waals surface area contributed by atoms with E-state index in [-0.39, 0.29) is 11.8 Å². The van der Waals surface area contributed by atoms with Crippen molar-refractivity contribution in [1.29, 1.82) is 0 Å². The molecule has 0 spiro atoms. The first kappa shape index (κ1) is 18.6. The molecule has 4 nitrogen and oxygen atoms in total. The van der Waals surface area contributed by atoms with Crippen molar-refractivity contribution in [3.8, 4) is 5.69 Å². The molecule has 0 saturated carbocycles. The van der Waals surface area contributed by atoms with E-state index in [9.17, 15) is 9.18 Å². The zero-order valence-corrected chi connectivity index (χ0v) is 15.6. The highest BCUT2D eigenvalue weighted by atomic mass is 19.1. The van der Waals surface area contributed by atoms with Crippen LogP contribution >= 0.6 is 0 Å². The molecule has 138 valence electrons. The minimum atomic E-state index is -0.338. The Hall–Kier alpha value is -3.21. The molecule has 1 aromatic heterocycles. The summed E-state index contributed by atoms with van der Waals surface area (Å²) in [6.07, 6.45) is 1.73. The minimum absolute atomic E-state index is 0.314. The van der Waals surface area contributed by atoms with E-state index < -0.39 is 0 Å². The lowest BCUT2D eigenvalue weighted by Gasteiger charge is -2.11. The number of carbonyl (C=O) groups excluding carboxylic acids is 1. The predicted molar refractivity (Wildman–Crippen MR) is 105 cm³/mol. The standard InChI is InChI=1S/C22H21FN2O2/c1-4-27-22(26)17-7-5-10-21(12-17)25-15(2)11-18(16(25)3)14-24-20-9-6-8-19(23)13-20/h5-14H,4H2,1-3H3. The van der Waals surface area contributed by atoms with Crippen LogP contribution in [0.5, 0.6) is 0 Å². The van der Waals surface area contributed by atoms with Crippen LogP contribution in [0.25, 0.3) is 5.69 Å². The van der Waals surface area contributed by atoms with Crippen LogP contribution in [0.2, 0.25) is 0 Å². The maximum Gasteiger partial charge on any atom is 0.338 e. The molecule has 0 unspecified atom stereocenters. The van der Waals surface area contributed by atoms with E-state index in [0.717, 1.165) is 22.6 Å². The van der Waals surface area contributed by atoms with Crippen LogP contribution in [-0.4, -0.2) is 23.4 Å². The van der Waals surface area contributed by atoms with Gasteiger partial charge in [-0.1, -0.05) is 12.1 Å². The Morgan fingerprint density at radius 1 is 1.15 bits per heavy atom. The number of carbonyl (C=O) groups is 1. The van der Waals surface area contributed by atoms with Gasteiger partial charge in [-0.2, -0.15) is 0 Å². The molecule has 0 aliphatic heterocycles. The molecule has 0 fully saturated rings. The summed E-state index contributed by atoms with van der Waals surface area (Å²) in [5.41, 5.74) is 4.86. The molecule has 2 aromatic carbocycles. The van der Waals surface area contributed by atoms with E-state index in [1.165, 1.54) is 12.1 Å². The average Bonchev–Trinajstić information content (AvgIpc) is 2.94. The number of hydrogen-bond acceptors (Lipinski definition) is 3. The second-order valence-electron chi connectivity index (χ2n) is 6.17. The second-order valence-corrected chi connectivity index (χ2v) is 6.17. The summed E-state index contributed by atoms with van der Waals surface area (Å²) < 4.78 is 20.4. The van der Waals surface area contributed by atoms with Crippen molar-refractivity contribution in [3.63, 3.8) is 0 Å². The van der Waals surface area contributed by atoms with Crippen molar-refractivity contribution in [2.24, 2.45) is 4.99 Å². The number of esters is 1. The number of aromatic nitrogens is 1. The molecule has 0 bridgehead atoms. The Morgan fingerprint density at radius 3 is 2.67 bits per heavy atom. The van der Waals surface area contributed by atoms with Crippen LogP contribution in [0.1, 0.15) is 34.2 Å². The zero-order valence-electron chi connectivity index (χ0n) is 15.6. The Kier molecular flexibility index (Phi) is 5.50. The molecule has 1 heterocycles. The Morgan fingerprint density at radius 2 is 1.93 bits per heavy atom. The highest BCUT2D eigenvalue weighted by Gasteiger charge is 2.12. The van der Waals surface area contributed by atoms with Gasteiger partial charge >= 0.3 is 5.97 Å². The second kappa shape index (κ2) is 7.99. The number of nitrogens with zero attached hydrogens (tertiary/aromatic N) is 2. The Balaban J connectivity index is 1.94. The Labute approximate surface area is 157 Å². The minimum Gasteiger partial charge on any atom is -0.462 e. The van der Waals surface area contributed by atoms with Crippen molar-refractivity contribution < 1.29 is 13.9 Å². The summed E-state index contributed by atoms with van der Waals surface area (Å²) in [5, 5.41) is 0. The molecule has 0 radical (unpaired) electrons. The van der Waals surface area contributed by atoms with Gasteiger partial charge < -0.3 is 9.30 Å². The van der Waals surface area contributed by atoms with Crippen LogP contribution in [-0.2, 0) is 4.74 Å². The fourth-order valence-corrected chi connectivity index (χ4v) is 3.00. The summed E-state index contributed by atoms with van der Waals surface area (Å²) >= 11 is 0. The Bertz CT molecular complexity index is 1010. The molecule has 0 amide bonds. The number of rotatable bonds is 5. The fraction of sp³-hybridized carbons (Fsp3) is 0.182. The SMILES string of the molecule is CCOC(=O)c1cccc(-n2c(C)cc(C=Nc3cccc(F)c3)c2C)c1. The van der Waals surface area contributed by atoms with Crippen LogP contribution in [0, 0.1) is 19.7 Å². The number of halogens is 1. The quantitative estimate of drug-likeness (QED) is 0.464. The van der Waals surface area contributed by atoms with E-state index in [1.54, 1.807) is 31.3 Å².